The van der Waals surface area contributed by atoms with Gasteiger partial charge in [0.15, 0.2) is 5.82 Å². The maximum absolute atomic E-state index is 13.1. The van der Waals surface area contributed by atoms with Gasteiger partial charge in [0.2, 0.25) is 5.89 Å². The highest BCUT2D eigenvalue weighted by Crippen LogP contribution is 2.39. The van der Waals surface area contributed by atoms with Gasteiger partial charge in [-0.05, 0) is 30.5 Å². The van der Waals surface area contributed by atoms with Crippen molar-refractivity contribution in [3.8, 4) is 0 Å². The summed E-state index contributed by atoms with van der Waals surface area (Å²) in [5.41, 5.74) is 6.66. The molecule has 1 aromatic carbocycles. The molecular weight excluding hydrogens is 257 g/mol. The van der Waals surface area contributed by atoms with E-state index in [0.717, 1.165) is 12.8 Å². The molecule has 0 spiro atoms. The molecule has 18 heavy (non-hydrogen) atoms. The van der Waals surface area contributed by atoms with Crippen LogP contribution in [0.5, 0.6) is 0 Å². The number of nitrogens with two attached hydrogens (primary N) is 1. The fourth-order valence-corrected chi connectivity index (χ4v) is 1.91. The molecule has 2 N–H and O–H groups in total. The molecule has 1 saturated carbocycles. The number of hydrogen-bond donors (Lipinski definition) is 1. The Morgan fingerprint density at radius 2 is 2.22 bits per heavy atom. The minimum Gasteiger partial charge on any atom is -0.339 e. The first kappa shape index (κ1) is 11.6. The number of halogens is 2. The van der Waals surface area contributed by atoms with E-state index in [2.05, 4.69) is 10.1 Å². The molecule has 1 atom stereocenters. The predicted molar refractivity (Wildman–Crippen MR) is 63.7 cm³/mol. The van der Waals surface area contributed by atoms with Crippen molar-refractivity contribution in [1.29, 1.82) is 0 Å². The van der Waals surface area contributed by atoms with Crippen LogP contribution < -0.4 is 5.73 Å². The fraction of sp³-hybridized carbons (Fsp3) is 0.333. The average molecular weight is 268 g/mol. The molecule has 0 aliphatic heterocycles. The highest BCUT2D eigenvalue weighted by Gasteiger charge is 2.30. The number of hydrogen-bond acceptors (Lipinski definition) is 4. The van der Waals surface area contributed by atoms with Crippen LogP contribution in [0.4, 0.5) is 4.39 Å². The van der Waals surface area contributed by atoms with Crippen molar-refractivity contribution in [2.45, 2.75) is 24.8 Å². The Morgan fingerprint density at radius 1 is 1.44 bits per heavy atom. The highest BCUT2D eigenvalue weighted by molar-refractivity contribution is 6.30. The minimum absolute atomic E-state index is 0.0360. The summed E-state index contributed by atoms with van der Waals surface area (Å²) in [7, 11) is 0. The third-order valence-corrected chi connectivity index (χ3v) is 3.25. The van der Waals surface area contributed by atoms with Crippen LogP contribution >= 0.6 is 11.6 Å². The van der Waals surface area contributed by atoms with Crippen molar-refractivity contribution in [2.75, 3.05) is 0 Å². The monoisotopic (exact) mass is 267 g/mol. The molecule has 0 radical (unpaired) electrons. The van der Waals surface area contributed by atoms with E-state index >= 15 is 0 Å². The maximum Gasteiger partial charge on any atom is 0.229 e. The van der Waals surface area contributed by atoms with Crippen molar-refractivity contribution in [3.05, 3.63) is 46.3 Å². The second-order valence-electron chi connectivity index (χ2n) is 4.42. The molecule has 1 fully saturated rings. The summed E-state index contributed by atoms with van der Waals surface area (Å²) in [4.78, 5) is 4.26. The largest absolute Gasteiger partial charge is 0.339 e. The molecule has 0 amide bonds. The van der Waals surface area contributed by atoms with Crippen molar-refractivity contribution in [1.82, 2.24) is 10.1 Å². The van der Waals surface area contributed by atoms with Crippen LogP contribution in [0.1, 0.15) is 42.1 Å². The van der Waals surface area contributed by atoms with Gasteiger partial charge in [-0.2, -0.15) is 4.98 Å². The first-order valence-electron chi connectivity index (χ1n) is 5.69. The molecule has 94 valence electrons. The number of rotatable bonds is 3. The lowest BCUT2D eigenvalue weighted by atomic mass is 10.1. The fourth-order valence-electron chi connectivity index (χ4n) is 1.72. The summed E-state index contributed by atoms with van der Waals surface area (Å²) in [6.07, 6.45) is 2.17. The first-order valence-corrected chi connectivity index (χ1v) is 6.07. The van der Waals surface area contributed by atoms with Gasteiger partial charge in [0, 0.05) is 5.92 Å². The zero-order valence-electron chi connectivity index (χ0n) is 9.44. The van der Waals surface area contributed by atoms with Crippen LogP contribution in [-0.4, -0.2) is 10.1 Å². The molecule has 4 nitrogen and oxygen atoms in total. The van der Waals surface area contributed by atoms with Crippen LogP contribution in [0, 0.1) is 5.82 Å². The Bertz CT molecular complexity index is 582. The Kier molecular flexibility index (Phi) is 2.80. The van der Waals surface area contributed by atoms with Gasteiger partial charge in [0.05, 0.1) is 11.1 Å². The molecule has 1 aliphatic rings. The van der Waals surface area contributed by atoms with Crippen LogP contribution in [0.2, 0.25) is 5.02 Å². The van der Waals surface area contributed by atoms with E-state index in [1.807, 2.05) is 0 Å². The normalized spacial score (nSPS) is 16.8. The lowest BCUT2D eigenvalue weighted by Gasteiger charge is -2.07. The van der Waals surface area contributed by atoms with E-state index in [1.165, 1.54) is 12.1 Å². The molecule has 6 heteroatoms. The topological polar surface area (TPSA) is 64.9 Å². The molecule has 0 bridgehead atoms. The van der Waals surface area contributed by atoms with Gasteiger partial charge in [-0.25, -0.2) is 4.39 Å². The predicted octanol–water partition coefficient (Wildman–Crippen LogP) is 2.79. The van der Waals surface area contributed by atoms with Crippen LogP contribution in [0.25, 0.3) is 0 Å². The molecule has 1 unspecified atom stereocenters. The molecule has 2 aromatic rings. The zero-order chi connectivity index (χ0) is 12.7. The van der Waals surface area contributed by atoms with Crippen LogP contribution in [0.15, 0.2) is 22.7 Å². The summed E-state index contributed by atoms with van der Waals surface area (Å²) in [6.45, 7) is 0. The van der Waals surface area contributed by atoms with Crippen LogP contribution in [0.3, 0.4) is 0 Å². The smallest absolute Gasteiger partial charge is 0.229 e. The minimum atomic E-state index is -0.556. The summed E-state index contributed by atoms with van der Waals surface area (Å²) >= 11 is 5.72. The second kappa shape index (κ2) is 4.33. The number of nitrogens with zero attached hydrogens (tertiary/aromatic N) is 2. The van der Waals surface area contributed by atoms with Gasteiger partial charge in [0.1, 0.15) is 5.82 Å². The Morgan fingerprint density at radius 3 is 2.89 bits per heavy atom. The van der Waals surface area contributed by atoms with Gasteiger partial charge in [0.25, 0.3) is 0 Å². The van der Waals surface area contributed by atoms with Crippen molar-refractivity contribution in [2.24, 2.45) is 5.73 Å². The van der Waals surface area contributed by atoms with Crippen LogP contribution in [-0.2, 0) is 0 Å². The first-order chi connectivity index (χ1) is 8.65. The Balaban J connectivity index is 1.87. The molecule has 0 saturated heterocycles. The Labute approximate surface area is 108 Å². The molecule has 1 aliphatic carbocycles. The maximum atomic E-state index is 13.1. The number of benzene rings is 1. The van der Waals surface area contributed by atoms with Gasteiger partial charge >= 0.3 is 0 Å². The van der Waals surface area contributed by atoms with Gasteiger partial charge < -0.3 is 10.3 Å². The SMILES string of the molecule is NC(c1ccc(F)c(Cl)c1)c1noc(C2CC2)n1. The summed E-state index contributed by atoms with van der Waals surface area (Å²) in [6, 6.07) is 3.77. The van der Waals surface area contributed by atoms with E-state index in [0.29, 0.717) is 23.2 Å². The Hall–Kier alpha value is -1.46. The van der Waals surface area contributed by atoms with Gasteiger partial charge in [-0.1, -0.05) is 22.8 Å². The van der Waals surface area contributed by atoms with E-state index in [9.17, 15) is 4.39 Å². The van der Waals surface area contributed by atoms with Crippen molar-refractivity contribution in [3.63, 3.8) is 0 Å². The second-order valence-corrected chi connectivity index (χ2v) is 4.82. The van der Waals surface area contributed by atoms with E-state index in [1.54, 1.807) is 6.07 Å². The van der Waals surface area contributed by atoms with Crippen molar-refractivity contribution < 1.29 is 8.91 Å². The lowest BCUT2D eigenvalue weighted by molar-refractivity contribution is 0.372. The third kappa shape index (κ3) is 2.11. The third-order valence-electron chi connectivity index (χ3n) is 2.96. The summed E-state index contributed by atoms with van der Waals surface area (Å²) in [5.74, 6) is 0.947. The summed E-state index contributed by atoms with van der Waals surface area (Å²) in [5, 5.41) is 3.89. The molecule has 3 rings (SSSR count). The van der Waals surface area contributed by atoms with Crippen molar-refractivity contribution >= 4 is 11.6 Å². The van der Waals surface area contributed by atoms with E-state index in [-0.39, 0.29) is 5.02 Å². The van der Waals surface area contributed by atoms with Gasteiger partial charge in [-0.3, -0.25) is 0 Å². The number of aromatic nitrogens is 2. The standard InChI is InChI=1S/C12H11ClFN3O/c13-8-5-7(3-4-9(8)14)10(15)11-16-12(18-17-11)6-1-2-6/h3-6,10H,1-2,15H2. The highest BCUT2D eigenvalue weighted by atomic mass is 35.5. The van der Waals surface area contributed by atoms with E-state index < -0.39 is 11.9 Å². The van der Waals surface area contributed by atoms with Gasteiger partial charge in [-0.15, -0.1) is 0 Å². The average Bonchev–Trinajstić information content (AvgIpc) is 3.10. The summed E-state index contributed by atoms with van der Waals surface area (Å²) < 4.78 is 18.2. The van der Waals surface area contributed by atoms with E-state index in [4.69, 9.17) is 21.9 Å². The lowest BCUT2D eigenvalue weighted by Crippen LogP contribution is -2.13. The molecule has 1 aromatic heterocycles. The zero-order valence-corrected chi connectivity index (χ0v) is 10.2. The molecular formula is C12H11ClFN3O. The molecule has 1 heterocycles. The quantitative estimate of drug-likeness (QED) is 0.929.